The van der Waals surface area contributed by atoms with E-state index in [-0.39, 0.29) is 0 Å². The number of ether oxygens (including phenoxy) is 1. The van der Waals surface area contributed by atoms with E-state index in [1.165, 1.54) is 11.1 Å². The summed E-state index contributed by atoms with van der Waals surface area (Å²) < 4.78 is 5.49. The molecule has 0 saturated carbocycles. The third kappa shape index (κ3) is 3.16. The highest BCUT2D eigenvalue weighted by atomic mass is 32.1. The van der Waals surface area contributed by atoms with Gasteiger partial charge in [0.2, 0.25) is 0 Å². The first-order valence-corrected chi connectivity index (χ1v) is 6.59. The van der Waals surface area contributed by atoms with Crippen LogP contribution < -0.4 is 10.1 Å². The minimum Gasteiger partial charge on any atom is -0.493 e. The van der Waals surface area contributed by atoms with Gasteiger partial charge in [0, 0.05) is 6.42 Å². The average Bonchev–Trinajstić information content (AvgIpc) is 2.76. The number of fused-ring (bicyclic) bond motifs is 1. The molecule has 2 nitrogen and oxygen atoms in total. The van der Waals surface area contributed by atoms with Gasteiger partial charge >= 0.3 is 0 Å². The van der Waals surface area contributed by atoms with Crippen LogP contribution in [0.1, 0.15) is 17.5 Å². The van der Waals surface area contributed by atoms with Gasteiger partial charge < -0.3 is 10.1 Å². The van der Waals surface area contributed by atoms with Gasteiger partial charge in [-0.25, -0.2) is 0 Å². The van der Waals surface area contributed by atoms with E-state index in [1.54, 1.807) is 0 Å². The van der Waals surface area contributed by atoms with Crippen LogP contribution in [0.15, 0.2) is 18.2 Å². The SMILES string of the molecule is SCCCNCCc1ccc2c(c1)CCO2. The first-order valence-electron chi connectivity index (χ1n) is 5.96. The molecule has 3 heteroatoms. The zero-order valence-electron chi connectivity index (χ0n) is 9.54. The van der Waals surface area contributed by atoms with E-state index in [0.29, 0.717) is 0 Å². The number of rotatable bonds is 6. The largest absolute Gasteiger partial charge is 0.493 e. The molecular weight excluding hydrogens is 218 g/mol. The number of benzene rings is 1. The summed E-state index contributed by atoms with van der Waals surface area (Å²) in [5.74, 6) is 2.04. The van der Waals surface area contributed by atoms with Crippen molar-refractivity contribution in [1.29, 1.82) is 0 Å². The summed E-state index contributed by atoms with van der Waals surface area (Å²) in [6.45, 7) is 2.96. The van der Waals surface area contributed by atoms with Crippen molar-refractivity contribution in [2.75, 3.05) is 25.4 Å². The summed E-state index contributed by atoms with van der Waals surface area (Å²) in [5, 5.41) is 3.42. The van der Waals surface area contributed by atoms with Gasteiger partial charge in [-0.3, -0.25) is 0 Å². The van der Waals surface area contributed by atoms with Gasteiger partial charge in [-0.15, -0.1) is 0 Å². The van der Waals surface area contributed by atoms with Crippen molar-refractivity contribution in [1.82, 2.24) is 5.32 Å². The van der Waals surface area contributed by atoms with Crippen molar-refractivity contribution in [3.05, 3.63) is 29.3 Å². The molecule has 0 saturated heterocycles. The second-order valence-corrected chi connectivity index (χ2v) is 4.56. The van der Waals surface area contributed by atoms with Crippen LogP contribution in [0.3, 0.4) is 0 Å². The van der Waals surface area contributed by atoms with Crippen LogP contribution in [-0.4, -0.2) is 25.4 Å². The normalized spacial score (nSPS) is 13.6. The van der Waals surface area contributed by atoms with Crippen molar-refractivity contribution >= 4 is 12.6 Å². The summed E-state index contributed by atoms with van der Waals surface area (Å²) in [5.41, 5.74) is 2.77. The maximum absolute atomic E-state index is 5.49. The third-order valence-electron chi connectivity index (χ3n) is 2.86. The first-order chi connectivity index (χ1) is 7.90. The van der Waals surface area contributed by atoms with Crippen LogP contribution in [0.4, 0.5) is 0 Å². The molecule has 2 rings (SSSR count). The molecule has 0 bridgehead atoms. The Bertz CT molecular complexity index is 341. The molecule has 16 heavy (non-hydrogen) atoms. The predicted molar refractivity (Wildman–Crippen MR) is 70.7 cm³/mol. The maximum Gasteiger partial charge on any atom is 0.122 e. The molecule has 0 radical (unpaired) electrons. The molecule has 1 aliphatic heterocycles. The smallest absolute Gasteiger partial charge is 0.122 e. The van der Waals surface area contributed by atoms with E-state index in [1.807, 2.05) is 0 Å². The summed E-state index contributed by atoms with van der Waals surface area (Å²) in [7, 11) is 0. The van der Waals surface area contributed by atoms with Crippen LogP contribution in [0, 0.1) is 0 Å². The number of hydrogen-bond acceptors (Lipinski definition) is 3. The third-order valence-corrected chi connectivity index (χ3v) is 3.17. The fourth-order valence-electron chi connectivity index (χ4n) is 1.96. The highest BCUT2D eigenvalue weighted by Gasteiger charge is 2.11. The topological polar surface area (TPSA) is 21.3 Å². The lowest BCUT2D eigenvalue weighted by molar-refractivity contribution is 0.357. The minimum atomic E-state index is 0.846. The van der Waals surface area contributed by atoms with E-state index in [0.717, 1.165) is 50.5 Å². The van der Waals surface area contributed by atoms with E-state index in [9.17, 15) is 0 Å². The first kappa shape index (κ1) is 11.8. The lowest BCUT2D eigenvalue weighted by atomic mass is 10.1. The van der Waals surface area contributed by atoms with Crippen molar-refractivity contribution in [3.8, 4) is 5.75 Å². The van der Waals surface area contributed by atoms with Gasteiger partial charge in [0.05, 0.1) is 6.61 Å². The minimum absolute atomic E-state index is 0.846. The molecule has 1 aliphatic rings. The van der Waals surface area contributed by atoms with E-state index in [2.05, 4.69) is 36.1 Å². The average molecular weight is 237 g/mol. The maximum atomic E-state index is 5.49. The lowest BCUT2D eigenvalue weighted by Crippen LogP contribution is -2.18. The summed E-state index contributed by atoms with van der Waals surface area (Å²) in [6, 6.07) is 6.55. The molecule has 1 heterocycles. The Morgan fingerprint density at radius 3 is 3.12 bits per heavy atom. The van der Waals surface area contributed by atoms with Gasteiger partial charge in [-0.2, -0.15) is 12.6 Å². The Morgan fingerprint density at radius 2 is 2.25 bits per heavy atom. The summed E-state index contributed by atoms with van der Waals surface area (Å²) >= 11 is 4.18. The van der Waals surface area contributed by atoms with E-state index in [4.69, 9.17) is 4.74 Å². The molecule has 0 atom stereocenters. The van der Waals surface area contributed by atoms with Crippen LogP contribution >= 0.6 is 12.6 Å². The fraction of sp³-hybridized carbons (Fsp3) is 0.538. The van der Waals surface area contributed by atoms with Crippen LogP contribution in [0.2, 0.25) is 0 Å². The molecule has 0 aromatic heterocycles. The second-order valence-electron chi connectivity index (χ2n) is 4.12. The molecule has 0 spiro atoms. The Hall–Kier alpha value is -0.670. The van der Waals surface area contributed by atoms with Gasteiger partial charge in [0.15, 0.2) is 0 Å². The molecule has 0 unspecified atom stereocenters. The quantitative estimate of drug-likeness (QED) is 0.584. The number of thiol groups is 1. The lowest BCUT2D eigenvalue weighted by Gasteiger charge is -2.05. The Kier molecular flexibility index (Phi) is 4.55. The fourth-order valence-corrected chi connectivity index (χ4v) is 2.12. The van der Waals surface area contributed by atoms with Crippen LogP contribution in [-0.2, 0) is 12.8 Å². The Labute approximate surface area is 103 Å². The molecule has 88 valence electrons. The van der Waals surface area contributed by atoms with Crippen molar-refractivity contribution < 1.29 is 4.74 Å². The number of hydrogen-bond donors (Lipinski definition) is 2. The molecule has 0 aliphatic carbocycles. The van der Waals surface area contributed by atoms with Crippen LogP contribution in [0.5, 0.6) is 5.75 Å². The zero-order chi connectivity index (χ0) is 11.2. The zero-order valence-corrected chi connectivity index (χ0v) is 10.4. The monoisotopic (exact) mass is 237 g/mol. The molecule has 1 aromatic carbocycles. The number of nitrogens with one attached hydrogen (secondary N) is 1. The molecule has 0 fully saturated rings. The Morgan fingerprint density at radius 1 is 1.31 bits per heavy atom. The van der Waals surface area contributed by atoms with Gasteiger partial charge in [-0.1, -0.05) is 12.1 Å². The van der Waals surface area contributed by atoms with Crippen molar-refractivity contribution in [2.45, 2.75) is 19.3 Å². The standard InChI is InChI=1S/C13H19NOS/c16-9-1-6-14-7-4-11-2-3-13-12(10-11)5-8-15-13/h2-3,10,14,16H,1,4-9H2. The molecule has 1 N–H and O–H groups in total. The van der Waals surface area contributed by atoms with Gasteiger partial charge in [0.25, 0.3) is 0 Å². The van der Waals surface area contributed by atoms with Gasteiger partial charge in [-0.05, 0) is 48.9 Å². The molecule has 0 amide bonds. The predicted octanol–water partition coefficient (Wildman–Crippen LogP) is 2.07. The van der Waals surface area contributed by atoms with Crippen molar-refractivity contribution in [3.63, 3.8) is 0 Å². The van der Waals surface area contributed by atoms with Gasteiger partial charge in [0.1, 0.15) is 5.75 Å². The van der Waals surface area contributed by atoms with E-state index >= 15 is 0 Å². The summed E-state index contributed by atoms with van der Waals surface area (Å²) in [6.07, 6.45) is 3.30. The molecule has 1 aromatic rings. The molecular formula is C13H19NOS. The van der Waals surface area contributed by atoms with E-state index < -0.39 is 0 Å². The highest BCUT2D eigenvalue weighted by Crippen LogP contribution is 2.25. The highest BCUT2D eigenvalue weighted by molar-refractivity contribution is 7.80. The second kappa shape index (κ2) is 6.16. The Balaban J connectivity index is 1.77. The van der Waals surface area contributed by atoms with Crippen LogP contribution in [0.25, 0.3) is 0 Å². The summed E-state index contributed by atoms with van der Waals surface area (Å²) in [4.78, 5) is 0. The van der Waals surface area contributed by atoms with Crippen molar-refractivity contribution in [2.24, 2.45) is 0 Å².